The lowest BCUT2D eigenvalue weighted by Gasteiger charge is -2.18. The van der Waals surface area contributed by atoms with Gasteiger partial charge in [-0.25, -0.2) is 0 Å². The molecule has 0 saturated heterocycles. The van der Waals surface area contributed by atoms with Gasteiger partial charge in [-0.2, -0.15) is 0 Å². The lowest BCUT2D eigenvalue weighted by atomic mass is 10.0. The fourth-order valence-corrected chi connectivity index (χ4v) is 8.44. The lowest BCUT2D eigenvalue weighted by Crippen LogP contribution is -2.30. The second kappa shape index (κ2) is 56.0. The van der Waals surface area contributed by atoms with Gasteiger partial charge in [-0.1, -0.05) is 275 Å². The third-order valence-corrected chi connectivity index (χ3v) is 12.8. The average molecular weight is 940 g/mol. The van der Waals surface area contributed by atoms with Crippen LogP contribution in [-0.4, -0.2) is 37.2 Å². The van der Waals surface area contributed by atoms with Gasteiger partial charge in [-0.15, -0.1) is 0 Å². The molecule has 0 amide bonds. The molecular formula is C61H110O6. The molecule has 0 rings (SSSR count). The molecule has 1 unspecified atom stereocenters. The van der Waals surface area contributed by atoms with E-state index in [4.69, 9.17) is 14.2 Å². The van der Waals surface area contributed by atoms with E-state index in [0.29, 0.717) is 19.3 Å². The number of carbonyl (C=O) groups is 3. The fourth-order valence-electron chi connectivity index (χ4n) is 8.44. The van der Waals surface area contributed by atoms with Crippen molar-refractivity contribution in [3.8, 4) is 0 Å². The predicted octanol–water partition coefficient (Wildman–Crippen LogP) is 19.4. The summed E-state index contributed by atoms with van der Waals surface area (Å²) < 4.78 is 16.8. The molecule has 0 N–H and O–H groups in total. The minimum Gasteiger partial charge on any atom is -0.462 e. The third-order valence-electron chi connectivity index (χ3n) is 12.8. The van der Waals surface area contributed by atoms with E-state index in [1.54, 1.807) is 0 Å². The minimum absolute atomic E-state index is 0.0854. The van der Waals surface area contributed by atoms with Gasteiger partial charge in [0.15, 0.2) is 6.10 Å². The SMILES string of the molecule is CCCCC/C=C\C/C=C\C/C=C\C/C=C\CCCC(=O)OCC(COC(=O)CCCCCCCCCCCCCCCCCC)OC(=O)CCCCCCCCCCCCCCCCCC. The van der Waals surface area contributed by atoms with E-state index in [1.165, 1.54) is 193 Å². The molecule has 390 valence electrons. The van der Waals surface area contributed by atoms with Crippen molar-refractivity contribution in [3.05, 3.63) is 48.6 Å². The van der Waals surface area contributed by atoms with E-state index in [0.717, 1.165) is 64.2 Å². The highest BCUT2D eigenvalue weighted by molar-refractivity contribution is 5.71. The van der Waals surface area contributed by atoms with Gasteiger partial charge in [-0.3, -0.25) is 14.4 Å². The number of esters is 3. The summed E-state index contributed by atoms with van der Waals surface area (Å²) in [5, 5.41) is 0. The molecule has 6 heteroatoms. The van der Waals surface area contributed by atoms with E-state index >= 15 is 0 Å². The molecule has 0 aromatic carbocycles. The van der Waals surface area contributed by atoms with E-state index in [1.807, 2.05) is 0 Å². The Labute approximate surface area is 416 Å². The lowest BCUT2D eigenvalue weighted by molar-refractivity contribution is -0.167. The van der Waals surface area contributed by atoms with Gasteiger partial charge < -0.3 is 14.2 Å². The van der Waals surface area contributed by atoms with E-state index < -0.39 is 6.10 Å². The van der Waals surface area contributed by atoms with Crippen LogP contribution in [0.5, 0.6) is 0 Å². The van der Waals surface area contributed by atoms with Crippen molar-refractivity contribution in [2.75, 3.05) is 13.2 Å². The third kappa shape index (κ3) is 54.2. The molecule has 0 radical (unpaired) electrons. The molecule has 0 bridgehead atoms. The molecule has 0 spiro atoms. The summed E-state index contributed by atoms with van der Waals surface area (Å²) in [5.41, 5.74) is 0. The first-order valence-corrected chi connectivity index (χ1v) is 29.1. The molecule has 0 aromatic heterocycles. The number of ether oxygens (including phenoxy) is 3. The van der Waals surface area contributed by atoms with Crippen LogP contribution in [0.2, 0.25) is 0 Å². The zero-order valence-electron chi connectivity index (χ0n) is 44.7. The summed E-state index contributed by atoms with van der Waals surface area (Å²) in [5.74, 6) is -0.926. The van der Waals surface area contributed by atoms with Gasteiger partial charge in [0.05, 0.1) is 0 Å². The maximum atomic E-state index is 12.9. The highest BCUT2D eigenvalue weighted by Gasteiger charge is 2.19. The first-order chi connectivity index (χ1) is 33.0. The molecule has 0 saturated carbocycles. The highest BCUT2D eigenvalue weighted by Crippen LogP contribution is 2.17. The van der Waals surface area contributed by atoms with Crippen LogP contribution in [0.1, 0.15) is 303 Å². The Morgan fingerprint density at radius 3 is 0.896 bits per heavy atom. The Kier molecular flexibility index (Phi) is 53.8. The first kappa shape index (κ1) is 64.4. The van der Waals surface area contributed by atoms with Gasteiger partial charge in [0, 0.05) is 19.3 Å². The standard InChI is InChI=1S/C61H110O6/c1-4-7-10-13-16-19-22-25-28-31-34-36-39-42-45-48-51-54-60(63)66-57-58(67-61(64)55-52-49-46-43-40-37-33-30-27-24-21-18-15-12-9-6-3)56-65-59(62)53-50-47-44-41-38-35-32-29-26-23-20-17-14-11-8-5-2/h16,19,25,28,34,36,42,45,58H,4-15,17-18,20-24,26-27,29-33,35,37-41,43-44,46-57H2,1-3H3/b19-16-,28-25-,36-34-,45-42-. The largest absolute Gasteiger partial charge is 0.462 e. The summed E-state index contributed by atoms with van der Waals surface area (Å²) in [7, 11) is 0. The molecule has 67 heavy (non-hydrogen) atoms. The van der Waals surface area contributed by atoms with Crippen molar-refractivity contribution in [2.45, 2.75) is 309 Å². The second-order valence-electron chi connectivity index (χ2n) is 19.6. The fraction of sp³-hybridized carbons (Fsp3) is 0.820. The Bertz CT molecular complexity index is 1170. The Balaban J connectivity index is 4.42. The van der Waals surface area contributed by atoms with E-state index in [-0.39, 0.29) is 37.5 Å². The predicted molar refractivity (Wildman–Crippen MR) is 289 cm³/mol. The summed E-state index contributed by atoms with van der Waals surface area (Å²) in [6.07, 6.45) is 68.2. The molecule has 0 aliphatic heterocycles. The molecule has 0 aliphatic rings. The van der Waals surface area contributed by atoms with Crippen LogP contribution in [0.3, 0.4) is 0 Å². The molecule has 1 atom stereocenters. The number of carbonyl (C=O) groups excluding carboxylic acids is 3. The number of rotatable bonds is 53. The number of hydrogen-bond donors (Lipinski definition) is 0. The summed E-state index contributed by atoms with van der Waals surface area (Å²) in [6.45, 7) is 6.61. The van der Waals surface area contributed by atoms with Crippen molar-refractivity contribution in [1.29, 1.82) is 0 Å². The highest BCUT2D eigenvalue weighted by atomic mass is 16.6. The zero-order chi connectivity index (χ0) is 48.6. The molecule has 0 aliphatic carbocycles. The molecule has 0 fully saturated rings. The van der Waals surface area contributed by atoms with E-state index in [2.05, 4.69) is 69.4 Å². The van der Waals surface area contributed by atoms with Crippen molar-refractivity contribution >= 4 is 17.9 Å². The van der Waals surface area contributed by atoms with Crippen LogP contribution in [0.15, 0.2) is 48.6 Å². The van der Waals surface area contributed by atoms with Crippen LogP contribution >= 0.6 is 0 Å². The maximum Gasteiger partial charge on any atom is 0.306 e. The van der Waals surface area contributed by atoms with Crippen LogP contribution in [0, 0.1) is 0 Å². The van der Waals surface area contributed by atoms with Gasteiger partial charge in [0.25, 0.3) is 0 Å². The molecule has 0 heterocycles. The monoisotopic (exact) mass is 939 g/mol. The Morgan fingerprint density at radius 2 is 0.552 bits per heavy atom. The summed E-state index contributed by atoms with van der Waals surface area (Å²) in [4.78, 5) is 38.1. The average Bonchev–Trinajstić information content (AvgIpc) is 3.33. The van der Waals surface area contributed by atoms with Crippen LogP contribution < -0.4 is 0 Å². The van der Waals surface area contributed by atoms with Crippen molar-refractivity contribution in [1.82, 2.24) is 0 Å². The first-order valence-electron chi connectivity index (χ1n) is 29.1. The number of allylic oxidation sites excluding steroid dienone is 8. The topological polar surface area (TPSA) is 78.9 Å². The minimum atomic E-state index is -0.791. The quantitative estimate of drug-likeness (QED) is 0.0262. The molecule has 0 aromatic rings. The van der Waals surface area contributed by atoms with Crippen LogP contribution in [-0.2, 0) is 28.6 Å². The number of unbranched alkanes of at least 4 members (excludes halogenated alkanes) is 34. The van der Waals surface area contributed by atoms with Gasteiger partial charge in [-0.05, 0) is 57.8 Å². The van der Waals surface area contributed by atoms with Crippen LogP contribution in [0.25, 0.3) is 0 Å². The van der Waals surface area contributed by atoms with Crippen molar-refractivity contribution in [2.24, 2.45) is 0 Å². The van der Waals surface area contributed by atoms with Gasteiger partial charge in [0.1, 0.15) is 13.2 Å². The second-order valence-corrected chi connectivity index (χ2v) is 19.6. The van der Waals surface area contributed by atoms with E-state index in [9.17, 15) is 14.4 Å². The van der Waals surface area contributed by atoms with Crippen molar-refractivity contribution in [3.63, 3.8) is 0 Å². The zero-order valence-corrected chi connectivity index (χ0v) is 44.7. The van der Waals surface area contributed by atoms with Crippen LogP contribution in [0.4, 0.5) is 0 Å². The maximum absolute atomic E-state index is 12.9. The molecule has 6 nitrogen and oxygen atoms in total. The Morgan fingerprint density at radius 1 is 0.299 bits per heavy atom. The normalized spacial score (nSPS) is 12.3. The number of hydrogen-bond acceptors (Lipinski definition) is 6. The smallest absolute Gasteiger partial charge is 0.306 e. The Hall–Kier alpha value is -2.63. The summed E-state index contributed by atoms with van der Waals surface area (Å²) in [6, 6.07) is 0. The van der Waals surface area contributed by atoms with Gasteiger partial charge >= 0.3 is 17.9 Å². The summed E-state index contributed by atoms with van der Waals surface area (Å²) >= 11 is 0. The van der Waals surface area contributed by atoms with Gasteiger partial charge in [0.2, 0.25) is 0 Å². The van der Waals surface area contributed by atoms with Crippen molar-refractivity contribution < 1.29 is 28.6 Å². The molecular weight excluding hydrogens is 829 g/mol.